The van der Waals surface area contributed by atoms with Crippen LogP contribution < -0.4 is 20.1 Å². The smallest absolute Gasteiger partial charge is 0.231 e. The van der Waals surface area contributed by atoms with Gasteiger partial charge in [0.25, 0.3) is 0 Å². The van der Waals surface area contributed by atoms with Crippen LogP contribution in [-0.2, 0) is 13.0 Å². The molecule has 7 heteroatoms. The number of hydrogen-bond donors (Lipinski definition) is 2. The molecule has 1 aromatic heterocycles. The Morgan fingerprint density at radius 3 is 2.70 bits per heavy atom. The van der Waals surface area contributed by atoms with Crippen LogP contribution in [0.3, 0.4) is 0 Å². The van der Waals surface area contributed by atoms with Crippen molar-refractivity contribution in [1.82, 2.24) is 20.4 Å². The van der Waals surface area contributed by atoms with Gasteiger partial charge < -0.3 is 20.1 Å². The van der Waals surface area contributed by atoms with Crippen LogP contribution in [0.4, 0.5) is 0 Å². The molecule has 0 atom stereocenters. The number of fused-ring (bicyclic) bond motifs is 1. The third kappa shape index (κ3) is 4.40. The lowest BCUT2D eigenvalue weighted by Gasteiger charge is -2.15. The fourth-order valence-electron chi connectivity index (χ4n) is 3.56. The third-order valence-corrected chi connectivity index (χ3v) is 5.04. The molecule has 7 nitrogen and oxygen atoms in total. The minimum Gasteiger partial charge on any atom is -0.454 e. The van der Waals surface area contributed by atoms with Crippen LogP contribution in [0.25, 0.3) is 5.69 Å². The molecule has 0 unspecified atom stereocenters. The van der Waals surface area contributed by atoms with Gasteiger partial charge in [0.15, 0.2) is 17.5 Å². The van der Waals surface area contributed by atoms with Crippen LogP contribution in [0.15, 0.2) is 53.5 Å². The molecule has 2 N–H and O–H groups in total. The van der Waals surface area contributed by atoms with Gasteiger partial charge in [0.05, 0.1) is 11.4 Å². The molecule has 2 heterocycles. The third-order valence-electron chi connectivity index (χ3n) is 5.04. The number of nitrogens with one attached hydrogen (secondary N) is 2. The average molecular weight is 406 g/mol. The summed E-state index contributed by atoms with van der Waals surface area (Å²) in [7, 11) is 1.78. The number of ether oxygens (including phenoxy) is 2. The zero-order valence-corrected chi connectivity index (χ0v) is 17.6. The van der Waals surface area contributed by atoms with E-state index in [0.29, 0.717) is 13.3 Å². The minimum absolute atomic E-state index is 0.298. The normalized spacial score (nSPS) is 12.8. The van der Waals surface area contributed by atoms with Crippen molar-refractivity contribution in [1.29, 1.82) is 0 Å². The maximum absolute atomic E-state index is 5.45. The van der Waals surface area contributed by atoms with E-state index >= 15 is 0 Å². The second-order valence-electron chi connectivity index (χ2n) is 7.26. The lowest BCUT2D eigenvalue weighted by molar-refractivity contribution is 0.174. The zero-order valence-electron chi connectivity index (χ0n) is 17.6. The van der Waals surface area contributed by atoms with Gasteiger partial charge in [-0.2, -0.15) is 5.10 Å². The van der Waals surface area contributed by atoms with Crippen LogP contribution in [0, 0.1) is 13.8 Å². The minimum atomic E-state index is 0.298. The van der Waals surface area contributed by atoms with E-state index in [1.165, 1.54) is 5.56 Å². The van der Waals surface area contributed by atoms with E-state index in [1.54, 1.807) is 7.05 Å². The molecule has 0 aliphatic carbocycles. The zero-order chi connectivity index (χ0) is 20.9. The van der Waals surface area contributed by atoms with Gasteiger partial charge in [-0.25, -0.2) is 4.68 Å². The molecular formula is C23H27N5O2. The van der Waals surface area contributed by atoms with E-state index in [2.05, 4.69) is 51.9 Å². The average Bonchev–Trinajstić information content (AvgIpc) is 3.35. The molecule has 3 aromatic rings. The number of aliphatic imine (C=N–C) groups is 1. The molecule has 156 valence electrons. The molecule has 0 amide bonds. The highest BCUT2D eigenvalue weighted by molar-refractivity contribution is 5.79. The molecule has 0 radical (unpaired) electrons. The van der Waals surface area contributed by atoms with Gasteiger partial charge in [0.1, 0.15) is 0 Å². The lowest BCUT2D eigenvalue weighted by Crippen LogP contribution is -2.38. The highest BCUT2D eigenvalue weighted by atomic mass is 16.7. The summed E-state index contributed by atoms with van der Waals surface area (Å²) in [5.74, 6) is 2.39. The number of benzene rings is 2. The Morgan fingerprint density at radius 2 is 1.90 bits per heavy atom. The van der Waals surface area contributed by atoms with Crippen LogP contribution in [0.5, 0.6) is 11.5 Å². The Balaban J connectivity index is 1.35. The van der Waals surface area contributed by atoms with Gasteiger partial charge in [-0.1, -0.05) is 24.3 Å². The molecule has 0 bridgehead atoms. The number of rotatable bonds is 6. The van der Waals surface area contributed by atoms with Gasteiger partial charge >= 0.3 is 0 Å². The van der Waals surface area contributed by atoms with Crippen LogP contribution in [0.1, 0.15) is 22.5 Å². The van der Waals surface area contributed by atoms with E-state index in [1.807, 2.05) is 35.9 Å². The molecule has 0 spiro atoms. The predicted molar refractivity (Wildman–Crippen MR) is 118 cm³/mol. The number of aryl methyl sites for hydroxylation is 2. The molecule has 0 saturated heterocycles. The maximum atomic E-state index is 5.45. The molecule has 4 rings (SSSR count). The molecular weight excluding hydrogens is 378 g/mol. The largest absolute Gasteiger partial charge is 0.454 e. The van der Waals surface area contributed by atoms with Crippen molar-refractivity contribution in [3.8, 4) is 17.2 Å². The first-order valence-corrected chi connectivity index (χ1v) is 10.1. The van der Waals surface area contributed by atoms with E-state index in [-0.39, 0.29) is 0 Å². The second-order valence-corrected chi connectivity index (χ2v) is 7.26. The number of para-hydroxylation sites is 1. The highest BCUT2D eigenvalue weighted by Gasteiger charge is 2.13. The van der Waals surface area contributed by atoms with E-state index in [9.17, 15) is 0 Å². The van der Waals surface area contributed by atoms with Gasteiger partial charge in [0, 0.05) is 25.8 Å². The van der Waals surface area contributed by atoms with Crippen molar-refractivity contribution in [3.05, 3.63) is 71.0 Å². The standard InChI is InChI=1S/C23H27N5O2/c1-16-12-17(2)28(27-16)20-7-5-4-6-19(20)14-26-23(24-3)25-11-10-18-8-9-21-22(13-18)30-15-29-21/h4-9,12-13H,10-11,14-15H2,1-3H3,(H2,24,25,26). The van der Waals surface area contributed by atoms with Crippen LogP contribution in [-0.4, -0.2) is 36.1 Å². The van der Waals surface area contributed by atoms with E-state index in [4.69, 9.17) is 9.47 Å². The highest BCUT2D eigenvalue weighted by Crippen LogP contribution is 2.32. The van der Waals surface area contributed by atoms with Crippen LogP contribution >= 0.6 is 0 Å². The summed E-state index contributed by atoms with van der Waals surface area (Å²) in [4.78, 5) is 4.34. The van der Waals surface area contributed by atoms with Crippen molar-refractivity contribution >= 4 is 5.96 Å². The number of aromatic nitrogens is 2. The van der Waals surface area contributed by atoms with Gasteiger partial charge in [-0.15, -0.1) is 0 Å². The fraction of sp³-hybridized carbons (Fsp3) is 0.304. The van der Waals surface area contributed by atoms with Crippen molar-refractivity contribution < 1.29 is 9.47 Å². The van der Waals surface area contributed by atoms with Crippen LogP contribution in [0.2, 0.25) is 0 Å². The summed E-state index contributed by atoms with van der Waals surface area (Å²) < 4.78 is 12.8. The molecule has 0 fully saturated rings. The number of nitrogens with zero attached hydrogens (tertiary/aromatic N) is 3. The summed E-state index contributed by atoms with van der Waals surface area (Å²) in [5.41, 5.74) is 5.55. The van der Waals surface area contributed by atoms with Crippen molar-refractivity contribution in [2.75, 3.05) is 20.4 Å². The molecule has 1 aliphatic heterocycles. The predicted octanol–water partition coefficient (Wildman–Crippen LogP) is 3.13. The van der Waals surface area contributed by atoms with E-state index in [0.717, 1.165) is 53.1 Å². The second kappa shape index (κ2) is 8.90. The Morgan fingerprint density at radius 1 is 1.07 bits per heavy atom. The number of hydrogen-bond acceptors (Lipinski definition) is 4. The SMILES string of the molecule is CN=C(NCCc1ccc2c(c1)OCO2)NCc1ccccc1-n1nc(C)cc1C. The first-order valence-electron chi connectivity index (χ1n) is 10.1. The summed E-state index contributed by atoms with van der Waals surface area (Å²) in [6.07, 6.45) is 0.861. The maximum Gasteiger partial charge on any atom is 0.231 e. The molecule has 30 heavy (non-hydrogen) atoms. The Bertz CT molecular complexity index is 1060. The van der Waals surface area contributed by atoms with Gasteiger partial charge in [-0.3, -0.25) is 4.99 Å². The van der Waals surface area contributed by atoms with Gasteiger partial charge in [-0.05, 0) is 55.7 Å². The monoisotopic (exact) mass is 405 g/mol. The van der Waals surface area contributed by atoms with Crippen molar-refractivity contribution in [2.45, 2.75) is 26.8 Å². The summed E-state index contributed by atoms with van der Waals surface area (Å²) in [6.45, 7) is 5.79. The molecule has 0 saturated carbocycles. The van der Waals surface area contributed by atoms with Crippen molar-refractivity contribution in [3.63, 3.8) is 0 Å². The Kier molecular flexibility index (Phi) is 5.88. The Hall–Kier alpha value is -3.48. The van der Waals surface area contributed by atoms with E-state index < -0.39 is 0 Å². The Labute approximate surface area is 176 Å². The first-order chi connectivity index (χ1) is 14.6. The fourth-order valence-corrected chi connectivity index (χ4v) is 3.56. The summed E-state index contributed by atoms with van der Waals surface area (Å²) >= 11 is 0. The first kappa shape index (κ1) is 19.8. The summed E-state index contributed by atoms with van der Waals surface area (Å²) in [6, 6.07) is 16.4. The van der Waals surface area contributed by atoms with Crippen molar-refractivity contribution in [2.24, 2.45) is 4.99 Å². The lowest BCUT2D eigenvalue weighted by atomic mass is 10.1. The molecule has 1 aliphatic rings. The van der Waals surface area contributed by atoms with Gasteiger partial charge in [0.2, 0.25) is 6.79 Å². The number of guanidine groups is 1. The summed E-state index contributed by atoms with van der Waals surface area (Å²) in [5, 5.41) is 11.4. The quantitative estimate of drug-likeness (QED) is 0.487. The topological polar surface area (TPSA) is 72.7 Å². The molecule has 2 aromatic carbocycles.